The third kappa shape index (κ3) is 4.16. The third-order valence-electron chi connectivity index (χ3n) is 2.99. The van der Waals surface area contributed by atoms with E-state index in [4.69, 9.17) is 21.5 Å². The van der Waals surface area contributed by atoms with Crippen molar-refractivity contribution < 1.29 is 27.1 Å². The van der Waals surface area contributed by atoms with Gasteiger partial charge in [-0.15, -0.1) is 0 Å². The van der Waals surface area contributed by atoms with Crippen molar-refractivity contribution in [3.05, 3.63) is 64.4 Å². The van der Waals surface area contributed by atoms with Crippen molar-refractivity contribution in [2.45, 2.75) is 4.90 Å². The van der Waals surface area contributed by atoms with Crippen LogP contribution in [0.1, 0.15) is 20.7 Å². The number of carbonyl (C=O) groups is 2. The van der Waals surface area contributed by atoms with E-state index in [1.165, 1.54) is 18.2 Å². The molecule has 0 heterocycles. The zero-order valence-electron chi connectivity index (χ0n) is 12.0. The Labute approximate surface area is 142 Å². The Hall–Kier alpha value is -2.29. The van der Waals surface area contributed by atoms with Crippen molar-refractivity contribution in [3.63, 3.8) is 0 Å². The predicted octanol–water partition coefficient (Wildman–Crippen LogP) is 2.17. The number of Topliss-reactive ketones (excluding diaryl/α,β-unsaturated/α-hetero) is 1. The summed E-state index contributed by atoms with van der Waals surface area (Å²) >= 11 is 5.82. The first kappa shape index (κ1) is 18.1. The minimum Gasteiger partial charge on any atom is -0.454 e. The fourth-order valence-corrected chi connectivity index (χ4v) is 2.55. The Morgan fingerprint density at radius 3 is 2.42 bits per heavy atom. The van der Waals surface area contributed by atoms with Crippen LogP contribution in [-0.4, -0.2) is 26.8 Å². The van der Waals surface area contributed by atoms with Crippen molar-refractivity contribution in [2.75, 3.05) is 6.61 Å². The molecule has 0 aromatic heterocycles. The molecule has 0 amide bonds. The number of nitrogens with two attached hydrogens (primary N) is 1. The molecule has 0 aliphatic carbocycles. The quantitative estimate of drug-likeness (QED) is 0.640. The molecule has 0 spiro atoms. The summed E-state index contributed by atoms with van der Waals surface area (Å²) in [5.74, 6) is -2.52. The standard InChI is InChI=1S/C15H11ClFNO5S/c16-12-6-5-9(24(18,21)22)7-11(12)15(20)23-8-14(19)10-3-1-2-4-13(10)17/h1-7H,8H2,(H2,18,21,22). The first-order valence-electron chi connectivity index (χ1n) is 6.47. The molecule has 0 saturated heterocycles. The van der Waals surface area contributed by atoms with Crippen LogP contribution in [0.25, 0.3) is 0 Å². The second kappa shape index (κ2) is 7.08. The van der Waals surface area contributed by atoms with E-state index in [2.05, 4.69) is 0 Å². The molecule has 0 unspecified atom stereocenters. The van der Waals surface area contributed by atoms with E-state index in [1.54, 1.807) is 0 Å². The van der Waals surface area contributed by atoms with Gasteiger partial charge in [0.15, 0.2) is 6.61 Å². The molecule has 9 heteroatoms. The van der Waals surface area contributed by atoms with Crippen LogP contribution in [0.15, 0.2) is 47.4 Å². The number of ketones is 1. The third-order valence-corrected chi connectivity index (χ3v) is 4.24. The Bertz CT molecular complexity index is 914. The summed E-state index contributed by atoms with van der Waals surface area (Å²) in [5, 5.41) is 4.89. The van der Waals surface area contributed by atoms with Crippen molar-refractivity contribution in [1.29, 1.82) is 0 Å². The zero-order valence-corrected chi connectivity index (χ0v) is 13.6. The molecule has 6 nitrogen and oxygen atoms in total. The summed E-state index contributed by atoms with van der Waals surface area (Å²) in [7, 11) is -4.04. The lowest BCUT2D eigenvalue weighted by atomic mass is 10.1. The minimum absolute atomic E-state index is 0.0780. The topological polar surface area (TPSA) is 104 Å². The highest BCUT2D eigenvalue weighted by molar-refractivity contribution is 7.89. The molecule has 2 aromatic carbocycles. The summed E-state index contributed by atoms with van der Waals surface area (Å²) in [4.78, 5) is 23.5. The average Bonchev–Trinajstić information content (AvgIpc) is 2.52. The van der Waals surface area contributed by atoms with Crippen LogP contribution >= 0.6 is 11.6 Å². The molecule has 0 saturated carbocycles. The zero-order chi connectivity index (χ0) is 17.9. The molecular formula is C15H11ClFNO5S. The highest BCUT2D eigenvalue weighted by Crippen LogP contribution is 2.21. The second-order valence-corrected chi connectivity index (χ2v) is 6.63. The van der Waals surface area contributed by atoms with Crippen molar-refractivity contribution in [2.24, 2.45) is 5.14 Å². The molecule has 0 bridgehead atoms. The second-order valence-electron chi connectivity index (χ2n) is 4.67. The molecule has 126 valence electrons. The minimum atomic E-state index is -4.04. The van der Waals surface area contributed by atoms with E-state index in [0.29, 0.717) is 0 Å². The summed E-state index contributed by atoms with van der Waals surface area (Å²) in [6, 6.07) is 8.45. The molecule has 2 aromatic rings. The number of hydrogen-bond donors (Lipinski definition) is 1. The molecule has 0 aliphatic heterocycles. The van der Waals surface area contributed by atoms with E-state index in [0.717, 1.165) is 24.3 Å². The van der Waals surface area contributed by atoms with Gasteiger partial charge in [0.05, 0.1) is 21.0 Å². The number of hydrogen-bond acceptors (Lipinski definition) is 5. The van der Waals surface area contributed by atoms with Crippen LogP contribution in [0.2, 0.25) is 5.02 Å². The van der Waals surface area contributed by atoms with Gasteiger partial charge in [-0.3, -0.25) is 4.79 Å². The highest BCUT2D eigenvalue weighted by Gasteiger charge is 2.19. The highest BCUT2D eigenvalue weighted by atomic mass is 35.5. The molecule has 0 fully saturated rings. The Balaban J connectivity index is 2.16. The summed E-state index contributed by atoms with van der Waals surface area (Å²) in [5.41, 5.74) is -0.501. The van der Waals surface area contributed by atoms with Gasteiger partial charge >= 0.3 is 5.97 Å². The van der Waals surface area contributed by atoms with E-state index in [1.807, 2.05) is 0 Å². The maximum Gasteiger partial charge on any atom is 0.340 e. The van der Waals surface area contributed by atoms with Crippen molar-refractivity contribution in [1.82, 2.24) is 0 Å². The van der Waals surface area contributed by atoms with E-state index in [-0.39, 0.29) is 21.0 Å². The van der Waals surface area contributed by atoms with Crippen LogP contribution < -0.4 is 5.14 Å². The summed E-state index contributed by atoms with van der Waals surface area (Å²) < 4.78 is 40.8. The largest absolute Gasteiger partial charge is 0.454 e. The molecule has 2 rings (SSSR count). The van der Waals surface area contributed by atoms with Crippen LogP contribution in [0.5, 0.6) is 0 Å². The molecular weight excluding hydrogens is 361 g/mol. The fourth-order valence-electron chi connectivity index (χ4n) is 1.81. The normalized spacial score (nSPS) is 11.1. The molecule has 0 aliphatic rings. The van der Waals surface area contributed by atoms with E-state index in [9.17, 15) is 22.4 Å². The number of esters is 1. The number of rotatable bonds is 5. The lowest BCUT2D eigenvalue weighted by molar-refractivity contribution is 0.0473. The van der Waals surface area contributed by atoms with Gasteiger partial charge < -0.3 is 4.74 Å². The monoisotopic (exact) mass is 371 g/mol. The fraction of sp³-hybridized carbons (Fsp3) is 0.0667. The Morgan fingerprint density at radius 1 is 1.12 bits per heavy atom. The van der Waals surface area contributed by atoms with Gasteiger partial charge in [-0.1, -0.05) is 23.7 Å². The van der Waals surface area contributed by atoms with Crippen molar-refractivity contribution in [3.8, 4) is 0 Å². The SMILES string of the molecule is NS(=O)(=O)c1ccc(Cl)c(C(=O)OCC(=O)c2ccccc2F)c1. The van der Waals surface area contributed by atoms with Gasteiger partial charge in [0.25, 0.3) is 0 Å². The number of sulfonamides is 1. The first-order chi connectivity index (χ1) is 11.2. The predicted molar refractivity (Wildman–Crippen MR) is 83.8 cm³/mol. The van der Waals surface area contributed by atoms with Gasteiger partial charge in [-0.05, 0) is 30.3 Å². The lowest BCUT2D eigenvalue weighted by Crippen LogP contribution is -2.17. The number of carbonyl (C=O) groups excluding carboxylic acids is 2. The smallest absolute Gasteiger partial charge is 0.340 e. The lowest BCUT2D eigenvalue weighted by Gasteiger charge is -2.08. The number of ether oxygens (including phenoxy) is 1. The van der Waals surface area contributed by atoms with Crippen LogP contribution in [0.3, 0.4) is 0 Å². The van der Waals surface area contributed by atoms with Gasteiger partial charge in [0.2, 0.25) is 15.8 Å². The van der Waals surface area contributed by atoms with Crippen LogP contribution in [-0.2, 0) is 14.8 Å². The van der Waals surface area contributed by atoms with Gasteiger partial charge in [0, 0.05) is 0 Å². The van der Waals surface area contributed by atoms with E-state index >= 15 is 0 Å². The number of benzene rings is 2. The Morgan fingerprint density at radius 2 is 1.79 bits per heavy atom. The van der Waals surface area contributed by atoms with Gasteiger partial charge in [-0.25, -0.2) is 22.7 Å². The molecule has 2 N–H and O–H groups in total. The molecule has 0 atom stereocenters. The van der Waals surface area contributed by atoms with E-state index < -0.39 is 34.2 Å². The number of halogens is 2. The summed E-state index contributed by atoms with van der Waals surface area (Å²) in [6.45, 7) is -0.726. The first-order valence-corrected chi connectivity index (χ1v) is 8.40. The van der Waals surface area contributed by atoms with Gasteiger partial charge in [0.1, 0.15) is 5.82 Å². The van der Waals surface area contributed by atoms with Crippen LogP contribution in [0.4, 0.5) is 4.39 Å². The Kier molecular flexibility index (Phi) is 5.33. The maximum absolute atomic E-state index is 13.5. The van der Waals surface area contributed by atoms with Crippen LogP contribution in [0, 0.1) is 5.82 Å². The maximum atomic E-state index is 13.5. The molecule has 0 radical (unpaired) electrons. The number of primary sulfonamides is 1. The average molecular weight is 372 g/mol. The molecule has 24 heavy (non-hydrogen) atoms. The van der Waals surface area contributed by atoms with Gasteiger partial charge in [-0.2, -0.15) is 0 Å². The summed E-state index contributed by atoms with van der Waals surface area (Å²) in [6.07, 6.45) is 0. The van der Waals surface area contributed by atoms with Crippen molar-refractivity contribution >= 4 is 33.4 Å².